The number of nitriles is 1. The first kappa shape index (κ1) is 55.0. The van der Waals surface area contributed by atoms with Crippen LogP contribution in [0.4, 0.5) is 14.5 Å². The molecule has 3 aromatic carbocycles. The number of hydrogen-bond donors (Lipinski definition) is 8. The van der Waals surface area contributed by atoms with Gasteiger partial charge in [0.15, 0.2) is 6.29 Å². The quantitative estimate of drug-likeness (QED) is 0.0902. The first-order valence-electron chi connectivity index (χ1n) is 21.2. The Bertz CT molecular complexity index is 2130. The van der Waals surface area contributed by atoms with Crippen molar-refractivity contribution in [3.8, 4) is 11.8 Å². The van der Waals surface area contributed by atoms with E-state index in [1.54, 1.807) is 54.3 Å². The first-order valence-corrected chi connectivity index (χ1v) is 21.2. The number of anilines is 1. The average Bonchev–Trinajstić information content (AvgIpc) is 3.31. The van der Waals surface area contributed by atoms with Crippen LogP contribution in [0.15, 0.2) is 96.6 Å². The van der Waals surface area contributed by atoms with E-state index in [1.165, 1.54) is 24.3 Å². The zero-order valence-corrected chi connectivity index (χ0v) is 37.4. The zero-order chi connectivity index (χ0) is 49.4. The Hall–Kier alpha value is -5.30. The summed E-state index contributed by atoms with van der Waals surface area (Å²) < 4.78 is 42.0. The summed E-state index contributed by atoms with van der Waals surface area (Å²) in [5.74, 6) is -1.61. The van der Waals surface area contributed by atoms with Gasteiger partial charge in [-0.25, -0.2) is 8.78 Å². The van der Waals surface area contributed by atoms with Crippen LogP contribution in [-0.2, 0) is 19.0 Å². The second-order valence-electron chi connectivity index (χ2n) is 15.9. The topological polar surface area (TPSA) is 268 Å². The van der Waals surface area contributed by atoms with Crippen molar-refractivity contribution >= 4 is 17.2 Å². The summed E-state index contributed by atoms with van der Waals surface area (Å²) in [6.45, 7) is 12.3. The number of allylic oxidation sites excluding steroid dienone is 3. The van der Waals surface area contributed by atoms with Crippen LogP contribution < -0.4 is 4.90 Å². The number of carbonyl (C=O) groups excluding carboxylic acids is 1. The molecule has 16 nitrogen and oxygen atoms in total. The van der Waals surface area contributed by atoms with Crippen molar-refractivity contribution < 1.29 is 68.6 Å². The molecule has 3 aromatic rings. The van der Waals surface area contributed by atoms with Gasteiger partial charge in [0.2, 0.25) is 5.91 Å². The predicted molar refractivity (Wildman–Crippen MR) is 240 cm³/mol. The third-order valence-corrected chi connectivity index (χ3v) is 11.5. The van der Waals surface area contributed by atoms with E-state index in [2.05, 4.69) is 12.7 Å². The van der Waals surface area contributed by atoms with Gasteiger partial charge < -0.3 is 60.0 Å². The molecule has 3 aliphatic rings. The third-order valence-electron chi connectivity index (χ3n) is 11.5. The van der Waals surface area contributed by atoms with Gasteiger partial charge in [0.25, 0.3) is 0 Å². The maximum Gasteiger partial charge on any atom is 0.230 e. The molecule has 0 aromatic heterocycles. The van der Waals surface area contributed by atoms with Gasteiger partial charge >= 0.3 is 0 Å². The van der Waals surface area contributed by atoms with Crippen LogP contribution in [-0.4, -0.2) is 121 Å². The fourth-order valence-electron chi connectivity index (χ4n) is 7.62. The molecule has 8 N–H and O–H groups in total. The number of benzene rings is 3. The second kappa shape index (κ2) is 26.1. The molecule has 3 saturated heterocycles. The summed E-state index contributed by atoms with van der Waals surface area (Å²) in [6, 6.07) is 19.0. The van der Waals surface area contributed by atoms with Gasteiger partial charge in [0, 0.05) is 15.6 Å². The van der Waals surface area contributed by atoms with Crippen molar-refractivity contribution in [3.05, 3.63) is 135 Å². The van der Waals surface area contributed by atoms with Crippen molar-refractivity contribution in [3.63, 3.8) is 0 Å². The summed E-state index contributed by atoms with van der Waals surface area (Å²) in [5, 5.41) is 87.2. The van der Waals surface area contributed by atoms with Crippen LogP contribution >= 0.6 is 0 Å². The van der Waals surface area contributed by atoms with Crippen molar-refractivity contribution in [2.45, 2.75) is 121 Å². The summed E-state index contributed by atoms with van der Waals surface area (Å²) in [5.41, 5.74) is 6.35. The van der Waals surface area contributed by atoms with Crippen LogP contribution in [0.5, 0.6) is 5.75 Å². The fraction of sp³-hybridized carbons (Fsp3) is 0.458. The number of phenolic OH excluding ortho intramolecular Hbond substituents is 1. The molecule has 0 spiro atoms. The highest BCUT2D eigenvalue weighted by atomic mass is 19.1. The number of amides is 1. The molecule has 3 heterocycles. The lowest BCUT2D eigenvalue weighted by atomic mass is 9.88. The number of aliphatic hydroxyl groups excluding tert-OH is 7. The molecule has 0 aliphatic carbocycles. The number of aryl methyl sites for hydroxylation is 1. The number of phenols is 1. The van der Waals surface area contributed by atoms with E-state index in [9.17, 15) is 59.7 Å². The smallest absolute Gasteiger partial charge is 0.230 e. The molecular weight excluding hydrogens is 867 g/mol. The summed E-state index contributed by atoms with van der Waals surface area (Å²) in [6.07, 6.45) is -6.35. The van der Waals surface area contributed by atoms with E-state index < -0.39 is 80.4 Å². The van der Waals surface area contributed by atoms with Gasteiger partial charge in [-0.1, -0.05) is 50.8 Å². The largest absolute Gasteiger partial charge is 0.508 e. The van der Waals surface area contributed by atoms with Gasteiger partial charge in [0.1, 0.15) is 66.0 Å². The van der Waals surface area contributed by atoms with Gasteiger partial charge in [-0.3, -0.25) is 4.79 Å². The fourth-order valence-corrected chi connectivity index (χ4v) is 7.62. The van der Waals surface area contributed by atoms with E-state index in [0.717, 1.165) is 33.4 Å². The highest BCUT2D eigenvalue weighted by Crippen LogP contribution is 2.36. The Kier molecular flexibility index (Phi) is 21.8. The lowest BCUT2D eigenvalue weighted by Crippen LogP contribution is -2.62. The lowest BCUT2D eigenvalue weighted by molar-refractivity contribution is -0.326. The Morgan fingerprint density at radius 2 is 1.47 bits per heavy atom. The maximum absolute atomic E-state index is 13.2. The highest BCUT2D eigenvalue weighted by molar-refractivity contribution is 6.02. The van der Waals surface area contributed by atoms with Crippen LogP contribution in [0.25, 0.3) is 5.57 Å². The number of hydrogen-bond acceptors (Lipinski definition) is 15. The standard InChI is InChI=1S/C24H24FNO2.C15H25NO9.C9H11FO.O2/c1-5-21(16(3)12-15(2)18-6-11-23(27)17(4)13-18)22-14-24(28)26(22)20-9-7-19(25)8-10-20;1-2-7-11(20)13(22)14(9(5-18)23-7)25-15-6(3-16)10(19)12(21)8(4-17)24-15;1-2-9(11)7-3-5-8(10)6-4-7;1-2/h5-13,22,27H,1,14H2,2-4H3;6-15,17-22H,2,4-5H2,1H3;3-6,9,11H,2H2,1H3;/b15-12+,21-16+;;;. The Labute approximate surface area is 382 Å². The number of aromatic hydroxyl groups is 1. The Morgan fingerprint density at radius 3 is 1.97 bits per heavy atom. The van der Waals surface area contributed by atoms with E-state index in [0.29, 0.717) is 24.9 Å². The normalized spacial score (nSPS) is 28.0. The average molecular weight is 927 g/mol. The molecule has 1 amide bonds. The molecule has 6 rings (SSSR count). The van der Waals surface area contributed by atoms with E-state index in [4.69, 9.17) is 24.1 Å². The van der Waals surface area contributed by atoms with Crippen LogP contribution in [0.3, 0.4) is 0 Å². The highest BCUT2D eigenvalue weighted by Gasteiger charge is 2.50. The number of carbonyl (C=O) groups is 1. The molecule has 66 heavy (non-hydrogen) atoms. The predicted octanol–water partition coefficient (Wildman–Crippen LogP) is 4.73. The number of halogens is 2. The molecule has 360 valence electrons. The SMILES string of the molecule is C=C/C(=C(C)\C=C(/C)c1ccc(O)c(C)c1)C1CC(=O)N1c1ccc(F)cc1.CCC(O)c1ccc(F)cc1.CCC1OC(CO)C(OC2OC(CO)C(O)C(O)C2C#N)C(O)C1O.O=O. The number of β-lactam (4-membered cyclic amide) rings is 1. The first-order chi connectivity index (χ1) is 31.4. The molecule has 18 heteroatoms. The van der Waals surface area contributed by atoms with E-state index in [-0.39, 0.29) is 29.3 Å². The summed E-state index contributed by atoms with van der Waals surface area (Å²) in [7, 11) is 0. The van der Waals surface area contributed by atoms with E-state index in [1.807, 2.05) is 39.8 Å². The molecular formula is C48H60F2N2O14. The number of nitrogens with zero attached hydrogens (tertiary/aromatic N) is 2. The minimum Gasteiger partial charge on any atom is -0.508 e. The lowest BCUT2D eigenvalue weighted by Gasteiger charge is -2.46. The second-order valence-corrected chi connectivity index (χ2v) is 15.9. The number of aliphatic hydroxyl groups is 7. The zero-order valence-electron chi connectivity index (χ0n) is 37.4. The molecule has 0 bridgehead atoms. The number of rotatable bonds is 12. The Morgan fingerprint density at radius 1 is 0.894 bits per heavy atom. The molecule has 0 radical (unpaired) electrons. The molecule has 0 saturated carbocycles. The summed E-state index contributed by atoms with van der Waals surface area (Å²) in [4.78, 5) is 27.9. The molecule has 3 fully saturated rings. The van der Waals surface area contributed by atoms with Crippen molar-refractivity contribution in [1.82, 2.24) is 0 Å². The maximum atomic E-state index is 13.2. The monoisotopic (exact) mass is 926 g/mol. The van der Waals surface area contributed by atoms with Crippen molar-refractivity contribution in [1.29, 1.82) is 5.26 Å². The minimum atomic E-state index is -1.54. The van der Waals surface area contributed by atoms with Gasteiger partial charge in [-0.15, -0.1) is 0 Å². The molecule has 12 atom stereocenters. The van der Waals surface area contributed by atoms with E-state index >= 15 is 0 Å². The van der Waals surface area contributed by atoms with Crippen molar-refractivity contribution in [2.24, 2.45) is 5.92 Å². The van der Waals surface area contributed by atoms with Crippen LogP contribution in [0, 0.1) is 45.7 Å². The molecule has 3 aliphatic heterocycles. The van der Waals surface area contributed by atoms with Gasteiger partial charge in [-0.05, 0) is 116 Å². The summed E-state index contributed by atoms with van der Waals surface area (Å²) >= 11 is 0. The third kappa shape index (κ3) is 13.6. The van der Waals surface area contributed by atoms with Gasteiger partial charge in [-0.2, -0.15) is 5.26 Å². The van der Waals surface area contributed by atoms with Crippen LogP contribution in [0.1, 0.15) is 69.8 Å². The molecule has 12 unspecified atom stereocenters. The number of ether oxygens (including phenoxy) is 3. The van der Waals surface area contributed by atoms with Crippen LogP contribution in [0.2, 0.25) is 0 Å². The minimum absolute atomic E-state index is 0.0126. The van der Waals surface area contributed by atoms with Crippen molar-refractivity contribution in [2.75, 3.05) is 18.1 Å². The Balaban J connectivity index is 0.000000279. The van der Waals surface area contributed by atoms with Gasteiger partial charge in [0.05, 0.1) is 44.0 Å².